The molecule has 152 valence electrons. The Labute approximate surface area is 176 Å². The molecule has 0 unspecified atom stereocenters. The summed E-state index contributed by atoms with van der Waals surface area (Å²) in [5.74, 6) is -0.532. The molecule has 1 aromatic carbocycles. The van der Waals surface area contributed by atoms with Gasteiger partial charge in [0.25, 0.3) is 5.91 Å². The molecule has 8 nitrogen and oxygen atoms in total. The number of nitriles is 1. The smallest absolute Gasteiger partial charge is 0.335 e. The average Bonchev–Trinajstić information content (AvgIpc) is 3.35. The topological polar surface area (TPSA) is 129 Å². The fraction of sp³-hybridized carbons (Fsp3) is 0.190. The van der Waals surface area contributed by atoms with Crippen LogP contribution in [0.25, 0.3) is 17.4 Å². The Morgan fingerprint density at radius 3 is 2.80 bits per heavy atom. The van der Waals surface area contributed by atoms with Crippen molar-refractivity contribution in [2.45, 2.75) is 20.3 Å². The van der Waals surface area contributed by atoms with Crippen molar-refractivity contribution in [3.05, 3.63) is 58.3 Å². The molecule has 0 aliphatic rings. The molecule has 0 bridgehead atoms. The molecule has 0 aliphatic heterocycles. The summed E-state index contributed by atoms with van der Waals surface area (Å²) in [4.78, 5) is 23.5. The molecule has 2 aromatic heterocycles. The Balaban J connectivity index is 1.76. The zero-order valence-electron chi connectivity index (χ0n) is 16.2. The van der Waals surface area contributed by atoms with Gasteiger partial charge in [-0.05, 0) is 30.2 Å². The molecule has 0 fully saturated rings. The summed E-state index contributed by atoms with van der Waals surface area (Å²) in [6.07, 6.45) is 2.07. The second-order valence-corrected chi connectivity index (χ2v) is 7.87. The van der Waals surface area contributed by atoms with Gasteiger partial charge < -0.3 is 9.52 Å². The molecule has 1 amide bonds. The molecule has 9 heteroatoms. The number of benzene rings is 1. The number of hydrogen-bond donors (Lipinski definition) is 2. The minimum Gasteiger partial charge on any atom is -0.478 e. The summed E-state index contributed by atoms with van der Waals surface area (Å²) < 4.78 is 5.66. The van der Waals surface area contributed by atoms with Crippen LogP contribution in [0.4, 0.5) is 5.13 Å². The number of anilines is 1. The normalized spacial score (nSPS) is 11.3. The maximum atomic E-state index is 12.4. The molecule has 3 rings (SSSR count). The SMILES string of the molecule is CC(C)Cc1nnc(NC(=O)/C(C#N)=C\c2ccc(-c3cccc(C(=O)O)c3)o2)s1. The first-order valence-electron chi connectivity index (χ1n) is 9.05. The zero-order chi connectivity index (χ0) is 21.7. The number of furan rings is 1. The van der Waals surface area contributed by atoms with Crippen molar-refractivity contribution in [1.29, 1.82) is 5.26 Å². The van der Waals surface area contributed by atoms with Crippen LogP contribution in [-0.2, 0) is 11.2 Å². The third-order valence-corrected chi connectivity index (χ3v) is 4.80. The largest absolute Gasteiger partial charge is 0.478 e. The second kappa shape index (κ2) is 9.15. The van der Waals surface area contributed by atoms with Crippen LogP contribution in [0.2, 0.25) is 0 Å². The Bertz CT molecular complexity index is 1150. The van der Waals surface area contributed by atoms with E-state index in [9.17, 15) is 14.9 Å². The van der Waals surface area contributed by atoms with E-state index in [0.29, 0.717) is 22.4 Å². The molecule has 0 aliphatic carbocycles. The van der Waals surface area contributed by atoms with Crippen LogP contribution in [0.3, 0.4) is 0 Å². The van der Waals surface area contributed by atoms with Crippen LogP contribution >= 0.6 is 11.3 Å². The number of hydrogen-bond acceptors (Lipinski definition) is 7. The van der Waals surface area contributed by atoms with Gasteiger partial charge >= 0.3 is 5.97 Å². The van der Waals surface area contributed by atoms with Crippen molar-refractivity contribution in [1.82, 2.24) is 10.2 Å². The predicted molar refractivity (Wildman–Crippen MR) is 112 cm³/mol. The number of rotatable bonds is 7. The maximum absolute atomic E-state index is 12.4. The lowest BCUT2D eigenvalue weighted by Gasteiger charge is -2.00. The van der Waals surface area contributed by atoms with E-state index in [2.05, 4.69) is 29.4 Å². The second-order valence-electron chi connectivity index (χ2n) is 6.81. The van der Waals surface area contributed by atoms with Crippen molar-refractivity contribution in [2.24, 2.45) is 5.92 Å². The fourth-order valence-electron chi connectivity index (χ4n) is 2.58. The Morgan fingerprint density at radius 1 is 1.30 bits per heavy atom. The molecule has 0 spiro atoms. The maximum Gasteiger partial charge on any atom is 0.335 e. The van der Waals surface area contributed by atoms with Gasteiger partial charge in [0.1, 0.15) is 28.2 Å². The van der Waals surface area contributed by atoms with E-state index >= 15 is 0 Å². The monoisotopic (exact) mass is 422 g/mol. The minimum atomic E-state index is -1.04. The molecule has 3 aromatic rings. The van der Waals surface area contributed by atoms with Gasteiger partial charge in [0.15, 0.2) is 0 Å². The highest BCUT2D eigenvalue weighted by molar-refractivity contribution is 7.15. The fourth-order valence-corrected chi connectivity index (χ4v) is 3.53. The molecule has 0 saturated carbocycles. The predicted octanol–water partition coefficient (Wildman–Crippen LogP) is 4.24. The van der Waals surface area contributed by atoms with E-state index in [-0.39, 0.29) is 16.9 Å². The molecule has 0 atom stereocenters. The first-order valence-corrected chi connectivity index (χ1v) is 9.86. The summed E-state index contributed by atoms with van der Waals surface area (Å²) >= 11 is 1.27. The number of aromatic carboxylic acids is 1. The third-order valence-electron chi connectivity index (χ3n) is 3.94. The van der Waals surface area contributed by atoms with Crippen molar-refractivity contribution in [3.63, 3.8) is 0 Å². The number of carboxylic acid groups (broad SMARTS) is 1. The number of carboxylic acids is 1. The van der Waals surface area contributed by atoms with Gasteiger partial charge in [0.2, 0.25) is 5.13 Å². The van der Waals surface area contributed by atoms with Crippen LogP contribution in [-0.4, -0.2) is 27.2 Å². The standard InChI is InChI=1S/C21H18N4O4S/c1-12(2)8-18-24-25-21(30-18)23-19(26)15(11-22)10-16-6-7-17(29-16)13-4-3-5-14(9-13)20(27)28/h3-7,9-10,12H,8H2,1-2H3,(H,27,28)(H,23,25,26)/b15-10-. The van der Waals surface area contributed by atoms with Crippen LogP contribution in [0.5, 0.6) is 0 Å². The first kappa shape index (κ1) is 21.0. The molecule has 2 heterocycles. The van der Waals surface area contributed by atoms with Gasteiger partial charge in [-0.25, -0.2) is 4.79 Å². The summed E-state index contributed by atoms with van der Waals surface area (Å²) in [7, 11) is 0. The Hall–Kier alpha value is -3.77. The number of aromatic nitrogens is 2. The van der Waals surface area contributed by atoms with Gasteiger partial charge in [0.05, 0.1) is 5.56 Å². The van der Waals surface area contributed by atoms with E-state index in [1.165, 1.54) is 29.5 Å². The van der Waals surface area contributed by atoms with Crippen molar-refractivity contribution < 1.29 is 19.1 Å². The molecular formula is C21H18N4O4S. The van der Waals surface area contributed by atoms with Gasteiger partial charge in [-0.15, -0.1) is 10.2 Å². The highest BCUT2D eigenvalue weighted by Gasteiger charge is 2.15. The highest BCUT2D eigenvalue weighted by atomic mass is 32.1. The van der Waals surface area contributed by atoms with E-state index in [1.807, 2.05) is 6.07 Å². The van der Waals surface area contributed by atoms with Crippen LogP contribution < -0.4 is 5.32 Å². The zero-order valence-corrected chi connectivity index (χ0v) is 17.1. The van der Waals surface area contributed by atoms with Gasteiger partial charge in [-0.2, -0.15) is 5.26 Å². The lowest BCUT2D eigenvalue weighted by atomic mass is 10.1. The van der Waals surface area contributed by atoms with Crippen molar-refractivity contribution in [2.75, 3.05) is 5.32 Å². The van der Waals surface area contributed by atoms with E-state index < -0.39 is 11.9 Å². The lowest BCUT2D eigenvalue weighted by molar-refractivity contribution is -0.112. The Morgan fingerprint density at radius 2 is 2.10 bits per heavy atom. The molecule has 0 saturated heterocycles. The number of carbonyl (C=O) groups excluding carboxylic acids is 1. The van der Waals surface area contributed by atoms with E-state index in [1.54, 1.807) is 24.3 Å². The molecule has 30 heavy (non-hydrogen) atoms. The summed E-state index contributed by atoms with van der Waals surface area (Å²) in [5, 5.41) is 30.1. The van der Waals surface area contributed by atoms with Gasteiger partial charge in [-0.1, -0.05) is 37.3 Å². The van der Waals surface area contributed by atoms with Crippen LogP contribution in [0.1, 0.15) is 35.0 Å². The summed E-state index contributed by atoms with van der Waals surface area (Å²) in [6, 6.07) is 11.4. The van der Waals surface area contributed by atoms with Crippen LogP contribution in [0.15, 0.2) is 46.4 Å². The number of carbonyl (C=O) groups is 2. The summed E-state index contributed by atoms with van der Waals surface area (Å²) in [6.45, 7) is 4.12. The van der Waals surface area contributed by atoms with E-state index in [0.717, 1.165) is 11.4 Å². The third kappa shape index (κ3) is 5.18. The lowest BCUT2D eigenvalue weighted by Crippen LogP contribution is -2.13. The Kier molecular flexibility index (Phi) is 6.39. The summed E-state index contributed by atoms with van der Waals surface area (Å²) in [5.41, 5.74) is 0.548. The highest BCUT2D eigenvalue weighted by Crippen LogP contribution is 2.25. The number of nitrogens with zero attached hydrogens (tertiary/aromatic N) is 3. The van der Waals surface area contributed by atoms with Crippen molar-refractivity contribution >= 4 is 34.4 Å². The molecular weight excluding hydrogens is 404 g/mol. The molecule has 2 N–H and O–H groups in total. The molecule has 0 radical (unpaired) electrons. The van der Waals surface area contributed by atoms with Crippen molar-refractivity contribution in [3.8, 4) is 17.4 Å². The van der Waals surface area contributed by atoms with Crippen LogP contribution in [0, 0.1) is 17.2 Å². The van der Waals surface area contributed by atoms with Gasteiger partial charge in [-0.3, -0.25) is 10.1 Å². The first-order chi connectivity index (χ1) is 14.4. The number of amides is 1. The van der Waals surface area contributed by atoms with Gasteiger partial charge in [0, 0.05) is 18.1 Å². The quantitative estimate of drug-likeness (QED) is 0.430. The minimum absolute atomic E-state index is 0.131. The average molecular weight is 422 g/mol. The number of nitrogens with one attached hydrogen (secondary N) is 1. The van der Waals surface area contributed by atoms with E-state index in [4.69, 9.17) is 9.52 Å².